The van der Waals surface area contributed by atoms with Crippen LogP contribution in [0.3, 0.4) is 0 Å². The molecule has 2 bridgehead atoms. The van der Waals surface area contributed by atoms with Crippen LogP contribution in [-0.2, 0) is 21.0 Å². The van der Waals surface area contributed by atoms with E-state index in [-0.39, 0.29) is 45.6 Å². The van der Waals surface area contributed by atoms with Crippen molar-refractivity contribution >= 4 is 52.5 Å². The van der Waals surface area contributed by atoms with Gasteiger partial charge in [-0.1, -0.05) is 47.2 Å². The van der Waals surface area contributed by atoms with Gasteiger partial charge in [-0.15, -0.1) is 11.8 Å². The van der Waals surface area contributed by atoms with Crippen LogP contribution in [0.15, 0.2) is 58.4 Å². The summed E-state index contributed by atoms with van der Waals surface area (Å²) in [6, 6.07) is 14.2. The second kappa shape index (κ2) is 9.49. The molecule has 206 valence electrons. The highest BCUT2D eigenvalue weighted by atomic mass is 35.5. The Morgan fingerprint density at radius 3 is 2.42 bits per heavy atom. The Labute approximate surface area is 242 Å². The fourth-order valence-electron chi connectivity index (χ4n) is 7.42. The summed E-state index contributed by atoms with van der Waals surface area (Å²) in [5.41, 5.74) is 2.03. The number of nitrogens with one attached hydrogen (secondary N) is 1. The minimum atomic E-state index is -1.19. The Kier molecular flexibility index (Phi) is 6.14. The molecule has 8 nitrogen and oxygen atoms in total. The van der Waals surface area contributed by atoms with Crippen molar-refractivity contribution in [2.24, 2.45) is 29.6 Å². The SMILES string of the molecule is CC(C(=O)O)N1C(=O)C2C3CC(C2C1=O)C1C3Sc2[nH]c(=O)sc2[C@@H]1c1ccc(OCc2ccc(Cl)cc2)cc1. The number of H-pyrrole nitrogens is 1. The highest BCUT2D eigenvalue weighted by Crippen LogP contribution is 2.68. The maximum Gasteiger partial charge on any atom is 0.326 e. The number of thioether (sulfide) groups is 1. The van der Waals surface area contributed by atoms with Gasteiger partial charge >= 0.3 is 10.8 Å². The zero-order valence-electron chi connectivity index (χ0n) is 21.3. The number of carbonyl (C=O) groups is 3. The van der Waals surface area contributed by atoms with Gasteiger partial charge in [-0.05, 0) is 66.5 Å². The summed E-state index contributed by atoms with van der Waals surface area (Å²) in [5.74, 6) is -2.37. The number of nitrogens with zero attached hydrogens (tertiary/aromatic N) is 1. The summed E-state index contributed by atoms with van der Waals surface area (Å²) in [7, 11) is 0. The van der Waals surface area contributed by atoms with E-state index >= 15 is 0 Å². The third-order valence-corrected chi connectivity index (χ3v) is 11.9. The Balaban J connectivity index is 1.20. The molecule has 2 amide bonds. The molecule has 0 spiro atoms. The number of aromatic amines is 1. The number of aromatic nitrogens is 1. The summed E-state index contributed by atoms with van der Waals surface area (Å²) in [5, 5.41) is 11.1. The van der Waals surface area contributed by atoms with E-state index in [9.17, 15) is 24.3 Å². The molecule has 8 atom stereocenters. The number of benzene rings is 2. The number of imide groups is 1. The Morgan fingerprint density at radius 2 is 1.75 bits per heavy atom. The van der Waals surface area contributed by atoms with Crippen molar-refractivity contribution in [2.45, 2.75) is 42.2 Å². The topological polar surface area (TPSA) is 117 Å². The molecule has 2 saturated carbocycles. The van der Waals surface area contributed by atoms with E-state index in [0.29, 0.717) is 17.4 Å². The normalized spacial score (nSPS) is 30.6. The lowest BCUT2D eigenvalue weighted by molar-refractivity contribution is -0.154. The van der Waals surface area contributed by atoms with Crippen LogP contribution in [0.1, 0.15) is 35.3 Å². The molecule has 4 aliphatic rings. The van der Waals surface area contributed by atoms with Gasteiger partial charge < -0.3 is 14.8 Å². The van der Waals surface area contributed by atoms with E-state index in [1.165, 1.54) is 18.3 Å². The van der Waals surface area contributed by atoms with Gasteiger partial charge in [0.1, 0.15) is 18.4 Å². The number of hydrogen-bond donors (Lipinski definition) is 2. The maximum atomic E-state index is 13.5. The van der Waals surface area contributed by atoms with Gasteiger partial charge in [-0.3, -0.25) is 19.3 Å². The van der Waals surface area contributed by atoms with E-state index in [1.54, 1.807) is 11.8 Å². The number of likely N-dealkylation sites (tertiary alicyclic amines) is 1. The first kappa shape index (κ1) is 25.9. The Hall–Kier alpha value is -3.08. The summed E-state index contributed by atoms with van der Waals surface area (Å²) in [4.78, 5) is 55.9. The van der Waals surface area contributed by atoms with E-state index in [4.69, 9.17) is 16.3 Å². The molecule has 2 aliphatic carbocycles. The van der Waals surface area contributed by atoms with Crippen LogP contribution < -0.4 is 9.61 Å². The lowest BCUT2D eigenvalue weighted by Gasteiger charge is -2.43. The molecule has 7 unspecified atom stereocenters. The smallest absolute Gasteiger partial charge is 0.326 e. The van der Waals surface area contributed by atoms with Crippen LogP contribution in [0.4, 0.5) is 0 Å². The van der Waals surface area contributed by atoms with Gasteiger partial charge in [-0.25, -0.2) is 4.79 Å². The van der Waals surface area contributed by atoms with Crippen molar-refractivity contribution in [2.75, 3.05) is 0 Å². The average Bonchev–Trinajstić information content (AvgIpc) is 3.67. The molecular weight excluding hydrogens is 572 g/mol. The molecular formula is C29H25ClN2O6S2. The number of amides is 2. The standard InChI is InChI=1S/C29H25ClN2O6S2/c1-12(28(35)36)32-26(33)21-17-10-18(22(21)27(32)34)23-20(17)19(24-25(39-23)31-29(37)40-24)14-4-8-16(9-5-14)38-11-13-2-6-15(30)7-3-13/h2-9,12,17-23H,10-11H2,1H3,(H,31,37)(H,35,36)/t12?,17?,18?,19-,20?,21?,22?,23?/m1/s1. The predicted molar refractivity (Wildman–Crippen MR) is 150 cm³/mol. The number of carboxylic acid groups (broad SMARTS) is 1. The third-order valence-electron chi connectivity index (χ3n) is 9.06. The van der Waals surface area contributed by atoms with E-state index in [1.807, 2.05) is 48.5 Å². The van der Waals surface area contributed by atoms with Crippen LogP contribution in [0.2, 0.25) is 5.02 Å². The van der Waals surface area contributed by atoms with Gasteiger partial charge in [-0.2, -0.15) is 0 Å². The van der Waals surface area contributed by atoms with Crippen LogP contribution in [0.25, 0.3) is 0 Å². The zero-order valence-corrected chi connectivity index (χ0v) is 23.7. The minimum Gasteiger partial charge on any atom is -0.489 e. The molecule has 2 aliphatic heterocycles. The number of carboxylic acids is 1. The highest BCUT2D eigenvalue weighted by Gasteiger charge is 2.70. The summed E-state index contributed by atoms with van der Waals surface area (Å²) < 4.78 is 5.98. The average molecular weight is 597 g/mol. The number of carbonyl (C=O) groups excluding carboxylic acids is 2. The zero-order chi connectivity index (χ0) is 27.9. The Bertz CT molecular complexity index is 1580. The lowest BCUT2D eigenvalue weighted by Crippen LogP contribution is -2.44. The predicted octanol–water partition coefficient (Wildman–Crippen LogP) is 4.62. The number of fused-ring (bicyclic) bond motifs is 9. The van der Waals surface area contributed by atoms with E-state index < -0.39 is 23.8 Å². The van der Waals surface area contributed by atoms with Crippen molar-refractivity contribution in [3.8, 4) is 5.75 Å². The number of thiazole rings is 1. The largest absolute Gasteiger partial charge is 0.489 e. The molecule has 40 heavy (non-hydrogen) atoms. The van der Waals surface area contributed by atoms with E-state index in [2.05, 4.69) is 4.98 Å². The van der Waals surface area contributed by atoms with Crippen LogP contribution >= 0.6 is 34.7 Å². The second-order valence-corrected chi connectivity index (χ2v) is 13.6. The first-order valence-electron chi connectivity index (χ1n) is 13.2. The molecule has 11 heteroatoms. The first-order valence-corrected chi connectivity index (χ1v) is 15.3. The summed E-state index contributed by atoms with van der Waals surface area (Å²) in [6.07, 6.45) is 0.752. The van der Waals surface area contributed by atoms with Crippen molar-refractivity contribution < 1.29 is 24.2 Å². The molecule has 3 fully saturated rings. The van der Waals surface area contributed by atoms with Gasteiger partial charge in [0.05, 0.1) is 16.9 Å². The fraction of sp³-hybridized carbons (Fsp3) is 0.379. The molecule has 3 heterocycles. The third kappa shape index (κ3) is 3.87. The summed E-state index contributed by atoms with van der Waals surface area (Å²) >= 11 is 8.79. The van der Waals surface area contributed by atoms with Crippen LogP contribution in [-0.4, -0.2) is 44.1 Å². The van der Waals surface area contributed by atoms with Gasteiger partial charge in [0.2, 0.25) is 11.8 Å². The highest BCUT2D eigenvalue weighted by molar-refractivity contribution is 8.00. The number of aliphatic carboxylic acids is 1. The van der Waals surface area contributed by atoms with Gasteiger partial charge in [0, 0.05) is 21.1 Å². The van der Waals surface area contributed by atoms with E-state index in [0.717, 1.165) is 32.4 Å². The lowest BCUT2D eigenvalue weighted by atomic mass is 9.68. The quantitative estimate of drug-likeness (QED) is 0.399. The minimum absolute atomic E-state index is 0.0477. The van der Waals surface area contributed by atoms with Crippen molar-refractivity contribution in [1.82, 2.24) is 9.88 Å². The van der Waals surface area contributed by atoms with Crippen LogP contribution in [0.5, 0.6) is 5.75 Å². The van der Waals surface area contributed by atoms with Crippen molar-refractivity contribution in [3.05, 3.63) is 79.2 Å². The fourth-order valence-corrected chi connectivity index (χ4v) is 10.4. The second-order valence-electron chi connectivity index (χ2n) is 11.0. The van der Waals surface area contributed by atoms with Crippen LogP contribution in [0, 0.1) is 29.6 Å². The number of hydrogen-bond acceptors (Lipinski definition) is 7. The number of rotatable bonds is 6. The van der Waals surface area contributed by atoms with Gasteiger partial charge in [0.15, 0.2) is 0 Å². The number of ether oxygens (including phenoxy) is 1. The maximum absolute atomic E-state index is 13.5. The summed E-state index contributed by atoms with van der Waals surface area (Å²) in [6.45, 7) is 1.80. The van der Waals surface area contributed by atoms with Crippen molar-refractivity contribution in [3.63, 3.8) is 0 Å². The molecule has 2 aromatic carbocycles. The first-order chi connectivity index (χ1) is 19.2. The molecule has 2 N–H and O–H groups in total. The Morgan fingerprint density at radius 1 is 1.07 bits per heavy atom. The molecule has 0 radical (unpaired) electrons. The monoisotopic (exact) mass is 596 g/mol. The van der Waals surface area contributed by atoms with Crippen molar-refractivity contribution in [1.29, 1.82) is 0 Å². The molecule has 1 saturated heterocycles. The molecule has 1 aromatic heterocycles. The molecule has 3 aromatic rings. The molecule has 7 rings (SSSR count). The number of halogens is 1. The van der Waals surface area contributed by atoms with Gasteiger partial charge in [0.25, 0.3) is 0 Å².